The van der Waals surface area contributed by atoms with Crippen LogP contribution in [0.25, 0.3) is 77.2 Å². The van der Waals surface area contributed by atoms with Gasteiger partial charge in [-0.05, 0) is 71.8 Å². The summed E-state index contributed by atoms with van der Waals surface area (Å²) in [5.41, 5.74) is 10.9. The summed E-state index contributed by atoms with van der Waals surface area (Å²) in [5.74, 6) is 0. The molecule has 0 fully saturated rings. The Morgan fingerprint density at radius 2 is 0.940 bits per heavy atom. The molecule has 9 aromatic rings. The summed E-state index contributed by atoms with van der Waals surface area (Å²) in [4.78, 5) is 0. The lowest BCUT2D eigenvalue weighted by atomic mass is 9.89. The maximum absolute atomic E-state index is 10.6. The highest BCUT2D eigenvalue weighted by Gasteiger charge is 2.21. The number of para-hydroxylation sites is 4. The summed E-state index contributed by atoms with van der Waals surface area (Å²) in [5, 5.41) is 34.9. The van der Waals surface area contributed by atoms with Crippen molar-refractivity contribution in [3.63, 3.8) is 0 Å². The molecule has 0 amide bonds. The fourth-order valence-corrected chi connectivity index (χ4v) is 7.52. The molecule has 230 valence electrons. The van der Waals surface area contributed by atoms with Crippen LogP contribution in [0.3, 0.4) is 0 Å². The van der Waals surface area contributed by atoms with Gasteiger partial charge in [-0.3, -0.25) is 0 Å². The molecule has 0 spiro atoms. The van der Waals surface area contributed by atoms with E-state index in [4.69, 9.17) is 0 Å². The number of nitrogens with zero attached hydrogens (tertiary/aromatic N) is 5. The van der Waals surface area contributed by atoms with Crippen molar-refractivity contribution in [2.75, 3.05) is 0 Å². The second kappa shape index (κ2) is 11.4. The van der Waals surface area contributed by atoms with Crippen molar-refractivity contribution in [2.24, 2.45) is 0 Å². The first kappa shape index (κ1) is 28.8. The Morgan fingerprint density at radius 1 is 0.380 bits per heavy atom. The van der Waals surface area contributed by atoms with E-state index in [0.29, 0.717) is 16.7 Å². The maximum Gasteiger partial charge on any atom is 0.101 e. The second-order valence-corrected chi connectivity index (χ2v) is 12.3. The number of hydrogen-bond donors (Lipinski definition) is 0. The zero-order valence-corrected chi connectivity index (χ0v) is 26.7. The fraction of sp³-hybridized carbons (Fsp3) is 0. The Hall–Kier alpha value is -7.39. The maximum atomic E-state index is 10.6. The zero-order valence-electron chi connectivity index (χ0n) is 26.7. The van der Waals surface area contributed by atoms with Gasteiger partial charge in [0, 0.05) is 32.7 Å². The van der Waals surface area contributed by atoms with Crippen molar-refractivity contribution in [1.82, 2.24) is 9.13 Å². The Morgan fingerprint density at radius 3 is 1.60 bits per heavy atom. The molecule has 5 heteroatoms. The van der Waals surface area contributed by atoms with E-state index in [1.54, 1.807) is 0 Å². The van der Waals surface area contributed by atoms with Gasteiger partial charge in [0.05, 0.1) is 62.3 Å². The Kier molecular flexibility index (Phi) is 6.56. The van der Waals surface area contributed by atoms with Gasteiger partial charge >= 0.3 is 0 Å². The third-order valence-electron chi connectivity index (χ3n) is 9.65. The lowest BCUT2D eigenvalue weighted by Gasteiger charge is -2.19. The largest absolute Gasteiger partial charge is 0.309 e. The highest BCUT2D eigenvalue weighted by Crippen LogP contribution is 2.42. The van der Waals surface area contributed by atoms with Crippen molar-refractivity contribution in [3.05, 3.63) is 168 Å². The summed E-state index contributed by atoms with van der Waals surface area (Å²) < 4.78 is 4.39. The first-order valence-electron chi connectivity index (χ1n) is 16.3. The van der Waals surface area contributed by atoms with Crippen LogP contribution in [0.4, 0.5) is 0 Å². The van der Waals surface area contributed by atoms with Crippen LogP contribution >= 0.6 is 0 Å². The molecule has 0 aliphatic carbocycles. The molecule has 0 saturated carbocycles. The van der Waals surface area contributed by atoms with Crippen LogP contribution in [0.2, 0.25) is 0 Å². The van der Waals surface area contributed by atoms with Crippen LogP contribution in [0.1, 0.15) is 16.7 Å². The minimum Gasteiger partial charge on any atom is -0.309 e. The van der Waals surface area contributed by atoms with Gasteiger partial charge in [-0.1, -0.05) is 91.0 Å². The summed E-state index contributed by atoms with van der Waals surface area (Å²) in [6, 6.07) is 57.7. The lowest BCUT2D eigenvalue weighted by Crippen LogP contribution is -2.01. The number of nitriles is 3. The zero-order chi connectivity index (χ0) is 33.8. The third kappa shape index (κ3) is 4.24. The van der Waals surface area contributed by atoms with E-state index in [1.807, 2.05) is 84.9 Å². The molecule has 5 nitrogen and oxygen atoms in total. The highest BCUT2D eigenvalue weighted by molar-refractivity contribution is 6.11. The lowest BCUT2D eigenvalue weighted by molar-refractivity contribution is 1.17. The molecule has 0 radical (unpaired) electrons. The van der Waals surface area contributed by atoms with E-state index in [0.717, 1.165) is 77.2 Å². The van der Waals surface area contributed by atoms with Crippen LogP contribution in [0.5, 0.6) is 0 Å². The minimum absolute atomic E-state index is 0.518. The van der Waals surface area contributed by atoms with Crippen molar-refractivity contribution in [3.8, 4) is 51.8 Å². The molecule has 9 rings (SSSR count). The number of fused-ring (bicyclic) bond motifs is 6. The molecule has 0 atom stereocenters. The van der Waals surface area contributed by atoms with Crippen LogP contribution in [0, 0.1) is 34.0 Å². The normalized spacial score (nSPS) is 11.1. The van der Waals surface area contributed by atoms with Crippen molar-refractivity contribution >= 4 is 43.6 Å². The summed E-state index contributed by atoms with van der Waals surface area (Å²) >= 11 is 0. The first-order chi connectivity index (χ1) is 24.7. The first-order valence-corrected chi connectivity index (χ1v) is 16.3. The Labute approximate surface area is 287 Å². The second-order valence-electron chi connectivity index (χ2n) is 12.3. The Balaban J connectivity index is 1.32. The van der Waals surface area contributed by atoms with Gasteiger partial charge in [-0.15, -0.1) is 0 Å². The van der Waals surface area contributed by atoms with Gasteiger partial charge < -0.3 is 9.13 Å². The van der Waals surface area contributed by atoms with Crippen LogP contribution < -0.4 is 0 Å². The van der Waals surface area contributed by atoms with Gasteiger partial charge in [0.2, 0.25) is 0 Å². The van der Waals surface area contributed by atoms with E-state index in [1.165, 1.54) is 0 Å². The number of aromatic nitrogens is 2. The SMILES string of the molecule is N#Cc1ccc2c(c1)c1ccccc1n2-c1cc(-c2cccc(C#N)c2-c2ccccc2-n2c3ccccc3c3ccccc32)ccc1C#N. The number of rotatable bonds is 4. The smallest absolute Gasteiger partial charge is 0.101 e. The molecular weight excluding hydrogens is 611 g/mol. The molecule has 0 unspecified atom stereocenters. The van der Waals surface area contributed by atoms with E-state index in [9.17, 15) is 15.8 Å². The van der Waals surface area contributed by atoms with Gasteiger partial charge in [-0.25, -0.2) is 0 Å². The molecule has 2 aromatic heterocycles. The van der Waals surface area contributed by atoms with Crippen LogP contribution in [-0.4, -0.2) is 9.13 Å². The third-order valence-corrected chi connectivity index (χ3v) is 9.65. The summed E-state index contributed by atoms with van der Waals surface area (Å²) in [7, 11) is 0. The van der Waals surface area contributed by atoms with Crippen LogP contribution in [-0.2, 0) is 0 Å². The van der Waals surface area contributed by atoms with Gasteiger partial charge in [0.25, 0.3) is 0 Å². The number of benzene rings is 7. The summed E-state index contributed by atoms with van der Waals surface area (Å²) in [6.45, 7) is 0. The minimum atomic E-state index is 0.518. The molecular formula is C45H25N5. The van der Waals surface area contributed by atoms with Gasteiger partial charge in [0.1, 0.15) is 6.07 Å². The summed E-state index contributed by atoms with van der Waals surface area (Å²) in [6.07, 6.45) is 0. The molecule has 0 aliphatic rings. The standard InChI is InChI=1S/C45H25N5/c46-26-29-20-23-43-38(24-29)36-13-3-7-18-41(36)50(43)44-25-30(21-22-31(44)27-47)33-15-9-10-32(28-48)45(33)37-14-4-8-19-42(37)49-39-16-5-1-11-34(39)35-12-2-6-17-40(35)49/h1-25H. The monoisotopic (exact) mass is 635 g/mol. The molecule has 0 bridgehead atoms. The quantitative estimate of drug-likeness (QED) is 0.193. The number of hydrogen-bond acceptors (Lipinski definition) is 3. The average molecular weight is 636 g/mol. The van der Waals surface area contributed by atoms with E-state index in [2.05, 4.69) is 94.1 Å². The van der Waals surface area contributed by atoms with E-state index >= 15 is 0 Å². The highest BCUT2D eigenvalue weighted by atomic mass is 15.0. The molecule has 2 heterocycles. The molecule has 0 aliphatic heterocycles. The van der Waals surface area contributed by atoms with Crippen molar-refractivity contribution in [1.29, 1.82) is 15.8 Å². The van der Waals surface area contributed by atoms with Crippen molar-refractivity contribution < 1.29 is 0 Å². The Bertz CT molecular complexity index is 2920. The topological polar surface area (TPSA) is 81.2 Å². The predicted octanol–water partition coefficient (Wildman–Crippen LogP) is 10.8. The molecule has 50 heavy (non-hydrogen) atoms. The van der Waals surface area contributed by atoms with Crippen molar-refractivity contribution in [2.45, 2.75) is 0 Å². The predicted molar refractivity (Wildman–Crippen MR) is 200 cm³/mol. The van der Waals surface area contributed by atoms with Gasteiger partial charge in [-0.2, -0.15) is 15.8 Å². The molecule has 0 N–H and O–H groups in total. The van der Waals surface area contributed by atoms with Gasteiger partial charge in [0.15, 0.2) is 0 Å². The van der Waals surface area contributed by atoms with E-state index in [-0.39, 0.29) is 0 Å². The van der Waals surface area contributed by atoms with Crippen LogP contribution in [0.15, 0.2) is 152 Å². The average Bonchev–Trinajstić information content (AvgIpc) is 3.69. The van der Waals surface area contributed by atoms with E-state index < -0.39 is 0 Å². The fourth-order valence-electron chi connectivity index (χ4n) is 7.52. The molecule has 0 saturated heterocycles. The molecule has 7 aromatic carbocycles.